The Kier molecular flexibility index (Phi) is 4.42. The summed E-state index contributed by atoms with van der Waals surface area (Å²) in [7, 11) is 1.98. The van der Waals surface area contributed by atoms with Gasteiger partial charge < -0.3 is 14.5 Å². The van der Waals surface area contributed by atoms with Crippen LogP contribution < -0.4 is 0 Å². The zero-order valence-electron chi connectivity index (χ0n) is 12.2. The summed E-state index contributed by atoms with van der Waals surface area (Å²) in [4.78, 5) is 5.70. The Labute approximate surface area is 119 Å². The zero-order valence-corrected chi connectivity index (χ0v) is 13.0. The second-order valence-electron chi connectivity index (χ2n) is 4.73. The minimum atomic E-state index is 0.796. The van der Waals surface area contributed by atoms with Crippen LogP contribution in [0.3, 0.4) is 0 Å². The molecule has 6 heteroatoms. The topological polar surface area (TPSA) is 41.8 Å². The van der Waals surface area contributed by atoms with E-state index in [0.29, 0.717) is 0 Å². The van der Waals surface area contributed by atoms with Gasteiger partial charge >= 0.3 is 0 Å². The minimum absolute atomic E-state index is 0.796. The molecule has 19 heavy (non-hydrogen) atoms. The Morgan fingerprint density at radius 1 is 1.26 bits per heavy atom. The summed E-state index contributed by atoms with van der Waals surface area (Å²) >= 11 is 5.45. The third-order valence-corrected chi connectivity index (χ3v) is 4.01. The molecule has 0 spiro atoms. The molecule has 2 aromatic rings. The first-order valence-electron chi connectivity index (χ1n) is 6.99. The van der Waals surface area contributed by atoms with Crippen molar-refractivity contribution in [2.45, 2.75) is 33.7 Å². The van der Waals surface area contributed by atoms with Crippen molar-refractivity contribution in [2.75, 3.05) is 19.6 Å². The van der Waals surface area contributed by atoms with Crippen molar-refractivity contribution in [3.05, 3.63) is 10.5 Å². The van der Waals surface area contributed by atoms with Crippen molar-refractivity contribution in [1.82, 2.24) is 24.2 Å². The van der Waals surface area contributed by atoms with Gasteiger partial charge in [-0.1, -0.05) is 20.8 Å². The normalized spacial score (nSPS) is 11.8. The first-order chi connectivity index (χ1) is 9.12. The second kappa shape index (κ2) is 5.88. The number of aromatic amines is 1. The fourth-order valence-corrected chi connectivity index (χ4v) is 2.79. The maximum absolute atomic E-state index is 5.45. The molecule has 2 aromatic heterocycles. The summed E-state index contributed by atoms with van der Waals surface area (Å²) in [5.74, 6) is 0. The van der Waals surface area contributed by atoms with E-state index in [1.807, 2.05) is 11.7 Å². The smallest absolute Gasteiger partial charge is 0.179 e. The molecule has 1 N–H and O–H groups in total. The van der Waals surface area contributed by atoms with Crippen LogP contribution >= 0.6 is 12.2 Å². The highest BCUT2D eigenvalue weighted by Crippen LogP contribution is 2.18. The molecule has 2 rings (SSSR count). The fourth-order valence-electron chi connectivity index (χ4n) is 2.51. The molecule has 0 aliphatic heterocycles. The second-order valence-corrected chi connectivity index (χ2v) is 5.12. The van der Waals surface area contributed by atoms with Crippen molar-refractivity contribution in [3.8, 4) is 0 Å². The molecule has 0 atom stereocenters. The number of nitrogens with one attached hydrogen (secondary N) is 1. The van der Waals surface area contributed by atoms with Crippen LogP contribution in [0.2, 0.25) is 0 Å². The third-order valence-electron chi connectivity index (χ3n) is 3.69. The number of hydrogen-bond donors (Lipinski definition) is 1. The van der Waals surface area contributed by atoms with Crippen LogP contribution in [0.5, 0.6) is 0 Å². The van der Waals surface area contributed by atoms with Crippen molar-refractivity contribution in [3.63, 3.8) is 0 Å². The SMILES string of the molecule is CCc1nn(C)c2c1[nH]c(=S)n2CCN(CC)CC. The molecular weight excluding hydrogens is 258 g/mol. The van der Waals surface area contributed by atoms with Gasteiger partial charge in [-0.05, 0) is 31.7 Å². The summed E-state index contributed by atoms with van der Waals surface area (Å²) < 4.78 is 4.89. The molecule has 0 saturated heterocycles. The molecule has 0 amide bonds. The predicted octanol–water partition coefficient (Wildman–Crippen LogP) is 2.34. The lowest BCUT2D eigenvalue weighted by atomic mass is 10.3. The van der Waals surface area contributed by atoms with Crippen LogP contribution in [-0.2, 0) is 20.0 Å². The van der Waals surface area contributed by atoms with E-state index in [0.717, 1.165) is 54.2 Å². The molecule has 0 bridgehead atoms. The Morgan fingerprint density at radius 2 is 1.95 bits per heavy atom. The lowest BCUT2D eigenvalue weighted by Gasteiger charge is -2.18. The molecule has 0 aliphatic carbocycles. The standard InChI is InChI=1S/C13H23N5S/c1-5-10-11-12(16(4)15-10)18(13(19)14-11)9-8-17(6-2)7-3/h5-9H2,1-4H3,(H,14,19). The maximum Gasteiger partial charge on any atom is 0.179 e. The number of aryl methyl sites for hydroxylation is 2. The number of hydrogen-bond acceptors (Lipinski definition) is 3. The summed E-state index contributed by atoms with van der Waals surface area (Å²) in [6.07, 6.45) is 0.919. The first kappa shape index (κ1) is 14.3. The van der Waals surface area contributed by atoms with Gasteiger partial charge in [-0.3, -0.25) is 4.68 Å². The highest BCUT2D eigenvalue weighted by Gasteiger charge is 2.14. The summed E-state index contributed by atoms with van der Waals surface area (Å²) in [6.45, 7) is 10.6. The van der Waals surface area contributed by atoms with E-state index >= 15 is 0 Å². The minimum Gasteiger partial charge on any atom is -0.328 e. The van der Waals surface area contributed by atoms with E-state index in [1.54, 1.807) is 0 Å². The highest BCUT2D eigenvalue weighted by atomic mass is 32.1. The number of nitrogens with zero attached hydrogens (tertiary/aromatic N) is 4. The lowest BCUT2D eigenvalue weighted by Crippen LogP contribution is -2.27. The van der Waals surface area contributed by atoms with E-state index in [-0.39, 0.29) is 0 Å². The van der Waals surface area contributed by atoms with Crippen LogP contribution in [0.1, 0.15) is 26.5 Å². The van der Waals surface area contributed by atoms with Gasteiger partial charge in [0, 0.05) is 20.1 Å². The average Bonchev–Trinajstić information content (AvgIpc) is 2.89. The summed E-state index contributed by atoms with van der Waals surface area (Å²) in [5.41, 5.74) is 3.29. The van der Waals surface area contributed by atoms with Gasteiger partial charge in [0.25, 0.3) is 0 Å². The Balaban J connectivity index is 2.35. The number of H-pyrrole nitrogens is 1. The van der Waals surface area contributed by atoms with Gasteiger partial charge in [0.05, 0.1) is 5.69 Å². The number of imidazole rings is 1. The van der Waals surface area contributed by atoms with Crippen LogP contribution in [0, 0.1) is 4.77 Å². The van der Waals surface area contributed by atoms with Gasteiger partial charge in [0.1, 0.15) is 5.52 Å². The van der Waals surface area contributed by atoms with Crippen molar-refractivity contribution < 1.29 is 0 Å². The van der Waals surface area contributed by atoms with Crippen LogP contribution in [0.15, 0.2) is 0 Å². The van der Waals surface area contributed by atoms with E-state index in [9.17, 15) is 0 Å². The monoisotopic (exact) mass is 281 g/mol. The van der Waals surface area contributed by atoms with Crippen molar-refractivity contribution in [1.29, 1.82) is 0 Å². The van der Waals surface area contributed by atoms with Crippen LogP contribution in [-0.4, -0.2) is 43.9 Å². The van der Waals surface area contributed by atoms with Gasteiger partial charge in [0.15, 0.2) is 10.4 Å². The average molecular weight is 281 g/mol. The fraction of sp³-hybridized carbons (Fsp3) is 0.692. The van der Waals surface area contributed by atoms with Crippen molar-refractivity contribution >= 4 is 23.4 Å². The van der Waals surface area contributed by atoms with Crippen molar-refractivity contribution in [2.24, 2.45) is 7.05 Å². The van der Waals surface area contributed by atoms with Gasteiger partial charge in [-0.25, -0.2) is 0 Å². The maximum atomic E-state index is 5.45. The van der Waals surface area contributed by atoms with E-state index < -0.39 is 0 Å². The quantitative estimate of drug-likeness (QED) is 0.826. The molecule has 106 valence electrons. The van der Waals surface area contributed by atoms with Crippen LogP contribution in [0.25, 0.3) is 11.2 Å². The van der Waals surface area contributed by atoms with Gasteiger partial charge in [-0.15, -0.1) is 0 Å². The number of aromatic nitrogens is 4. The molecule has 2 heterocycles. The number of fused-ring (bicyclic) bond motifs is 1. The largest absolute Gasteiger partial charge is 0.328 e. The van der Waals surface area contributed by atoms with Gasteiger partial charge in [0.2, 0.25) is 0 Å². The molecule has 0 radical (unpaired) electrons. The molecule has 0 aliphatic rings. The lowest BCUT2D eigenvalue weighted by molar-refractivity contribution is 0.291. The Bertz CT molecular complexity index is 602. The molecule has 0 fully saturated rings. The molecule has 0 unspecified atom stereocenters. The molecule has 0 aromatic carbocycles. The molecular formula is C13H23N5S. The first-order valence-corrected chi connectivity index (χ1v) is 7.39. The van der Waals surface area contributed by atoms with Crippen LogP contribution in [0.4, 0.5) is 0 Å². The van der Waals surface area contributed by atoms with E-state index in [4.69, 9.17) is 12.2 Å². The Hall–Kier alpha value is -1.14. The highest BCUT2D eigenvalue weighted by molar-refractivity contribution is 7.71. The number of likely N-dealkylation sites (N-methyl/N-ethyl adjacent to an activating group) is 1. The zero-order chi connectivity index (χ0) is 14.0. The summed E-state index contributed by atoms with van der Waals surface area (Å²) in [6, 6.07) is 0. The molecule has 0 saturated carbocycles. The summed E-state index contributed by atoms with van der Waals surface area (Å²) in [5, 5.41) is 4.54. The predicted molar refractivity (Wildman–Crippen MR) is 81.1 cm³/mol. The van der Waals surface area contributed by atoms with E-state index in [2.05, 4.69) is 40.3 Å². The third kappa shape index (κ3) is 2.60. The van der Waals surface area contributed by atoms with Gasteiger partial charge in [-0.2, -0.15) is 5.10 Å². The molecule has 5 nitrogen and oxygen atoms in total. The Morgan fingerprint density at radius 3 is 2.53 bits per heavy atom. The number of rotatable bonds is 6. The van der Waals surface area contributed by atoms with E-state index in [1.165, 1.54) is 0 Å².